The highest BCUT2D eigenvalue weighted by atomic mass is 19.1. The van der Waals surface area contributed by atoms with Gasteiger partial charge in [0, 0.05) is 38.3 Å². The van der Waals surface area contributed by atoms with E-state index in [-0.39, 0.29) is 12.4 Å². The van der Waals surface area contributed by atoms with E-state index in [1.165, 1.54) is 0 Å². The Kier molecular flexibility index (Phi) is 3.18. The maximum absolute atomic E-state index is 13.9. The number of anilines is 1. The lowest BCUT2D eigenvalue weighted by Crippen LogP contribution is -2.44. The molecule has 3 nitrogen and oxygen atoms in total. The standard InChI is InChI=1S/C11H16FN3/c12-11-9(8-13)2-1-3-10(11)15-6-4-14-5-7-15/h1-3,14H,4-8,13H2. The molecule has 1 fully saturated rings. The predicted molar refractivity (Wildman–Crippen MR) is 59.4 cm³/mol. The molecule has 4 heteroatoms. The van der Waals surface area contributed by atoms with Crippen LogP contribution in [0.15, 0.2) is 18.2 Å². The molecule has 0 aliphatic carbocycles. The summed E-state index contributed by atoms with van der Waals surface area (Å²) in [4.78, 5) is 2.06. The first kappa shape index (κ1) is 10.4. The number of piperazine rings is 1. The number of halogens is 1. The largest absolute Gasteiger partial charge is 0.367 e. The second kappa shape index (κ2) is 4.59. The van der Waals surface area contributed by atoms with Crippen LogP contribution in [0.1, 0.15) is 5.56 Å². The molecule has 0 radical (unpaired) electrons. The maximum atomic E-state index is 13.9. The number of benzene rings is 1. The first-order valence-corrected chi connectivity index (χ1v) is 5.26. The molecular formula is C11H16FN3. The first-order chi connectivity index (χ1) is 7.33. The molecule has 1 aromatic carbocycles. The summed E-state index contributed by atoms with van der Waals surface area (Å²) in [6.07, 6.45) is 0. The van der Waals surface area contributed by atoms with Crippen molar-refractivity contribution in [3.63, 3.8) is 0 Å². The second-order valence-corrected chi connectivity index (χ2v) is 3.69. The number of rotatable bonds is 2. The lowest BCUT2D eigenvalue weighted by atomic mass is 10.1. The van der Waals surface area contributed by atoms with E-state index in [1.54, 1.807) is 6.07 Å². The number of hydrogen-bond donors (Lipinski definition) is 2. The molecule has 82 valence electrons. The molecular weight excluding hydrogens is 193 g/mol. The highest BCUT2D eigenvalue weighted by molar-refractivity contribution is 5.50. The van der Waals surface area contributed by atoms with Crippen molar-refractivity contribution in [1.29, 1.82) is 0 Å². The molecule has 1 heterocycles. The van der Waals surface area contributed by atoms with Gasteiger partial charge in [0.15, 0.2) is 5.82 Å². The van der Waals surface area contributed by atoms with Gasteiger partial charge < -0.3 is 16.0 Å². The molecule has 1 aliphatic heterocycles. The van der Waals surface area contributed by atoms with E-state index < -0.39 is 0 Å². The topological polar surface area (TPSA) is 41.3 Å². The van der Waals surface area contributed by atoms with E-state index in [2.05, 4.69) is 10.2 Å². The zero-order valence-electron chi connectivity index (χ0n) is 8.67. The molecule has 0 amide bonds. The van der Waals surface area contributed by atoms with Crippen molar-refractivity contribution in [3.8, 4) is 0 Å². The number of nitrogens with zero attached hydrogens (tertiary/aromatic N) is 1. The Balaban J connectivity index is 2.26. The Bertz CT molecular complexity index is 335. The van der Waals surface area contributed by atoms with E-state index in [0.29, 0.717) is 11.3 Å². The van der Waals surface area contributed by atoms with Gasteiger partial charge in [0.25, 0.3) is 0 Å². The minimum Gasteiger partial charge on any atom is -0.367 e. The van der Waals surface area contributed by atoms with Crippen LogP contribution in [0.5, 0.6) is 0 Å². The molecule has 3 N–H and O–H groups in total. The Morgan fingerprint density at radius 3 is 2.73 bits per heavy atom. The molecule has 0 unspecified atom stereocenters. The van der Waals surface area contributed by atoms with Gasteiger partial charge in [-0.2, -0.15) is 0 Å². The predicted octanol–water partition coefficient (Wildman–Crippen LogP) is 0.694. The summed E-state index contributed by atoms with van der Waals surface area (Å²) >= 11 is 0. The third-order valence-electron chi connectivity index (χ3n) is 2.74. The molecule has 0 aromatic heterocycles. The van der Waals surface area contributed by atoms with Crippen LogP contribution >= 0.6 is 0 Å². The lowest BCUT2D eigenvalue weighted by Gasteiger charge is -2.30. The normalized spacial score (nSPS) is 16.8. The SMILES string of the molecule is NCc1cccc(N2CCNCC2)c1F. The zero-order chi connectivity index (χ0) is 10.7. The summed E-state index contributed by atoms with van der Waals surface area (Å²) in [6.45, 7) is 3.78. The minimum absolute atomic E-state index is 0.165. The van der Waals surface area contributed by atoms with Crippen molar-refractivity contribution in [2.75, 3.05) is 31.1 Å². The Labute approximate surface area is 89.1 Å². The average Bonchev–Trinajstić information content (AvgIpc) is 2.30. The van der Waals surface area contributed by atoms with Gasteiger partial charge in [-0.1, -0.05) is 12.1 Å². The molecule has 0 atom stereocenters. The van der Waals surface area contributed by atoms with Crippen LogP contribution in [-0.2, 0) is 6.54 Å². The van der Waals surface area contributed by atoms with Gasteiger partial charge in [-0.3, -0.25) is 0 Å². The summed E-state index contributed by atoms with van der Waals surface area (Å²) < 4.78 is 13.9. The first-order valence-electron chi connectivity index (χ1n) is 5.26. The molecule has 1 saturated heterocycles. The average molecular weight is 209 g/mol. The molecule has 15 heavy (non-hydrogen) atoms. The fourth-order valence-electron chi connectivity index (χ4n) is 1.87. The van der Waals surface area contributed by atoms with Gasteiger partial charge in [-0.15, -0.1) is 0 Å². The highest BCUT2D eigenvalue weighted by Crippen LogP contribution is 2.22. The summed E-state index contributed by atoms with van der Waals surface area (Å²) in [5.41, 5.74) is 6.75. The summed E-state index contributed by atoms with van der Waals surface area (Å²) in [5.74, 6) is -0.165. The van der Waals surface area contributed by atoms with Crippen molar-refractivity contribution < 1.29 is 4.39 Å². The Morgan fingerprint density at radius 2 is 2.07 bits per heavy atom. The maximum Gasteiger partial charge on any atom is 0.150 e. The van der Waals surface area contributed by atoms with Crippen LogP contribution in [0.3, 0.4) is 0 Å². The molecule has 0 saturated carbocycles. The molecule has 1 aliphatic rings. The minimum atomic E-state index is -0.165. The third kappa shape index (κ3) is 2.11. The summed E-state index contributed by atoms with van der Waals surface area (Å²) in [6, 6.07) is 5.42. The van der Waals surface area contributed by atoms with Crippen LogP contribution in [0.4, 0.5) is 10.1 Å². The van der Waals surface area contributed by atoms with E-state index >= 15 is 0 Å². The third-order valence-corrected chi connectivity index (χ3v) is 2.74. The van der Waals surface area contributed by atoms with Gasteiger partial charge in [-0.05, 0) is 6.07 Å². The molecule has 0 bridgehead atoms. The fraction of sp³-hybridized carbons (Fsp3) is 0.455. The Morgan fingerprint density at radius 1 is 1.33 bits per heavy atom. The van der Waals surface area contributed by atoms with Crippen molar-refractivity contribution in [3.05, 3.63) is 29.6 Å². The van der Waals surface area contributed by atoms with Crippen LogP contribution in [-0.4, -0.2) is 26.2 Å². The monoisotopic (exact) mass is 209 g/mol. The van der Waals surface area contributed by atoms with Crippen molar-refractivity contribution in [1.82, 2.24) is 5.32 Å². The summed E-state index contributed by atoms with van der Waals surface area (Å²) in [7, 11) is 0. The van der Waals surface area contributed by atoms with E-state index in [9.17, 15) is 4.39 Å². The van der Waals surface area contributed by atoms with E-state index in [1.807, 2.05) is 12.1 Å². The zero-order valence-corrected chi connectivity index (χ0v) is 8.67. The van der Waals surface area contributed by atoms with Crippen molar-refractivity contribution in [2.45, 2.75) is 6.54 Å². The van der Waals surface area contributed by atoms with Crippen molar-refractivity contribution in [2.24, 2.45) is 5.73 Å². The number of nitrogens with one attached hydrogen (secondary N) is 1. The number of nitrogens with two attached hydrogens (primary N) is 1. The highest BCUT2D eigenvalue weighted by Gasteiger charge is 2.15. The quantitative estimate of drug-likeness (QED) is 0.753. The van der Waals surface area contributed by atoms with Gasteiger partial charge >= 0.3 is 0 Å². The van der Waals surface area contributed by atoms with Gasteiger partial charge in [0.1, 0.15) is 0 Å². The summed E-state index contributed by atoms with van der Waals surface area (Å²) in [5, 5.41) is 3.24. The lowest BCUT2D eigenvalue weighted by molar-refractivity contribution is 0.561. The Hall–Kier alpha value is -1.13. The molecule has 1 aromatic rings. The van der Waals surface area contributed by atoms with Crippen molar-refractivity contribution >= 4 is 5.69 Å². The smallest absolute Gasteiger partial charge is 0.150 e. The molecule has 2 rings (SSSR count). The van der Waals surface area contributed by atoms with Gasteiger partial charge in [-0.25, -0.2) is 4.39 Å². The van der Waals surface area contributed by atoms with Crippen LogP contribution < -0.4 is 16.0 Å². The van der Waals surface area contributed by atoms with Gasteiger partial charge in [0.05, 0.1) is 5.69 Å². The van der Waals surface area contributed by atoms with Crippen LogP contribution in [0, 0.1) is 5.82 Å². The fourth-order valence-corrected chi connectivity index (χ4v) is 1.87. The van der Waals surface area contributed by atoms with Crippen LogP contribution in [0.2, 0.25) is 0 Å². The second-order valence-electron chi connectivity index (χ2n) is 3.69. The van der Waals surface area contributed by atoms with Gasteiger partial charge in [0.2, 0.25) is 0 Å². The molecule has 0 spiro atoms. The number of hydrogen-bond acceptors (Lipinski definition) is 3. The van der Waals surface area contributed by atoms with E-state index in [0.717, 1.165) is 26.2 Å². The van der Waals surface area contributed by atoms with E-state index in [4.69, 9.17) is 5.73 Å². The van der Waals surface area contributed by atoms with Crippen LogP contribution in [0.25, 0.3) is 0 Å².